The first kappa shape index (κ1) is 10.4. The van der Waals surface area contributed by atoms with Gasteiger partial charge in [0.2, 0.25) is 11.9 Å². The van der Waals surface area contributed by atoms with Crippen LogP contribution in [0.1, 0.15) is 11.1 Å². The Morgan fingerprint density at radius 2 is 1.56 bits per heavy atom. The van der Waals surface area contributed by atoms with Crippen LogP contribution in [0.15, 0.2) is 18.2 Å². The summed E-state index contributed by atoms with van der Waals surface area (Å²) >= 11 is 0. The highest BCUT2D eigenvalue weighted by Gasteiger charge is 2.07. The lowest BCUT2D eigenvalue weighted by molar-refractivity contribution is 1.08. The molecule has 0 atom stereocenters. The van der Waals surface area contributed by atoms with E-state index < -0.39 is 0 Å². The summed E-state index contributed by atoms with van der Waals surface area (Å²) in [6, 6.07) is 6.05. The Kier molecular flexibility index (Phi) is 2.44. The SMILES string of the molecule is Cc1ccc(C)c(-c2nc(N)nc(N)n2)c1. The second-order valence-corrected chi connectivity index (χ2v) is 3.69. The van der Waals surface area contributed by atoms with E-state index in [2.05, 4.69) is 15.0 Å². The summed E-state index contributed by atoms with van der Waals surface area (Å²) in [6.45, 7) is 4.00. The molecule has 0 spiro atoms. The summed E-state index contributed by atoms with van der Waals surface area (Å²) in [5.41, 5.74) is 14.2. The number of hydrogen-bond acceptors (Lipinski definition) is 5. The van der Waals surface area contributed by atoms with Crippen LogP contribution in [0.25, 0.3) is 11.4 Å². The van der Waals surface area contributed by atoms with Crippen LogP contribution >= 0.6 is 0 Å². The number of benzene rings is 1. The third kappa shape index (κ3) is 1.93. The minimum Gasteiger partial charge on any atom is -0.368 e. The van der Waals surface area contributed by atoms with Gasteiger partial charge in [0, 0.05) is 5.56 Å². The number of hydrogen-bond donors (Lipinski definition) is 2. The molecule has 5 heteroatoms. The molecule has 0 radical (unpaired) electrons. The molecule has 0 aliphatic heterocycles. The minimum atomic E-state index is 0.142. The van der Waals surface area contributed by atoms with Gasteiger partial charge < -0.3 is 11.5 Å². The molecule has 0 unspecified atom stereocenters. The monoisotopic (exact) mass is 215 g/mol. The first-order valence-electron chi connectivity index (χ1n) is 4.91. The maximum Gasteiger partial charge on any atom is 0.225 e. The first-order chi connectivity index (χ1) is 7.56. The summed E-state index contributed by atoms with van der Waals surface area (Å²) in [5, 5.41) is 0. The molecule has 0 saturated heterocycles. The smallest absolute Gasteiger partial charge is 0.225 e. The highest BCUT2D eigenvalue weighted by molar-refractivity contribution is 5.62. The van der Waals surface area contributed by atoms with Crippen LogP contribution in [0.5, 0.6) is 0 Å². The van der Waals surface area contributed by atoms with Gasteiger partial charge in [-0.3, -0.25) is 0 Å². The van der Waals surface area contributed by atoms with Gasteiger partial charge in [-0.15, -0.1) is 0 Å². The number of nitrogens with zero attached hydrogens (tertiary/aromatic N) is 3. The number of aryl methyl sites for hydroxylation is 2. The molecular formula is C11H13N5. The molecule has 1 aromatic carbocycles. The van der Waals surface area contributed by atoms with Gasteiger partial charge in [0.1, 0.15) is 0 Å². The number of anilines is 2. The molecule has 0 bridgehead atoms. The number of nitrogens with two attached hydrogens (primary N) is 2. The van der Waals surface area contributed by atoms with Crippen molar-refractivity contribution in [2.75, 3.05) is 11.5 Å². The Hall–Kier alpha value is -2.17. The quantitative estimate of drug-likeness (QED) is 0.748. The average Bonchev–Trinajstić information content (AvgIpc) is 2.20. The van der Waals surface area contributed by atoms with Gasteiger partial charge in [0.15, 0.2) is 5.82 Å². The molecule has 82 valence electrons. The Balaban J connectivity index is 2.62. The molecule has 2 rings (SSSR count). The number of aromatic nitrogens is 3. The van der Waals surface area contributed by atoms with Crippen LogP contribution in [-0.2, 0) is 0 Å². The predicted octanol–water partition coefficient (Wildman–Crippen LogP) is 1.32. The van der Waals surface area contributed by atoms with E-state index in [1.54, 1.807) is 0 Å². The van der Waals surface area contributed by atoms with Gasteiger partial charge in [-0.25, -0.2) is 0 Å². The fourth-order valence-electron chi connectivity index (χ4n) is 1.51. The van der Waals surface area contributed by atoms with Gasteiger partial charge in [-0.05, 0) is 25.5 Å². The maximum atomic E-state index is 5.54. The Labute approximate surface area is 93.6 Å². The second-order valence-electron chi connectivity index (χ2n) is 3.69. The Bertz CT molecular complexity index is 516. The number of nitrogen functional groups attached to an aromatic ring is 2. The van der Waals surface area contributed by atoms with E-state index in [9.17, 15) is 0 Å². The fourth-order valence-corrected chi connectivity index (χ4v) is 1.51. The average molecular weight is 215 g/mol. The summed E-state index contributed by atoms with van der Waals surface area (Å²) in [5.74, 6) is 0.804. The fraction of sp³-hybridized carbons (Fsp3) is 0.182. The topological polar surface area (TPSA) is 90.7 Å². The maximum absolute atomic E-state index is 5.54. The van der Waals surface area contributed by atoms with Crippen molar-refractivity contribution in [3.63, 3.8) is 0 Å². The van der Waals surface area contributed by atoms with E-state index in [1.165, 1.54) is 0 Å². The first-order valence-corrected chi connectivity index (χ1v) is 4.91. The van der Waals surface area contributed by atoms with Crippen LogP contribution < -0.4 is 11.5 Å². The lowest BCUT2D eigenvalue weighted by atomic mass is 10.1. The minimum absolute atomic E-state index is 0.142. The van der Waals surface area contributed by atoms with Crippen molar-refractivity contribution in [1.82, 2.24) is 15.0 Å². The molecule has 0 saturated carbocycles. The molecule has 1 aromatic heterocycles. The van der Waals surface area contributed by atoms with Crippen molar-refractivity contribution in [2.45, 2.75) is 13.8 Å². The van der Waals surface area contributed by atoms with Gasteiger partial charge in [0.25, 0.3) is 0 Å². The second kappa shape index (κ2) is 3.77. The predicted molar refractivity (Wildman–Crippen MR) is 63.6 cm³/mol. The zero-order valence-electron chi connectivity index (χ0n) is 9.23. The standard InChI is InChI=1S/C11H13N5/c1-6-3-4-7(2)8(5-6)9-14-10(12)16-11(13)15-9/h3-5H,1-2H3,(H4,12,13,14,15,16). The van der Waals surface area contributed by atoms with E-state index in [0.717, 1.165) is 16.7 Å². The summed E-state index contributed by atoms with van der Waals surface area (Å²) in [4.78, 5) is 11.9. The van der Waals surface area contributed by atoms with Crippen LogP contribution in [0, 0.1) is 13.8 Å². The van der Waals surface area contributed by atoms with E-state index in [0.29, 0.717) is 5.82 Å². The molecule has 0 aliphatic rings. The Morgan fingerprint density at radius 1 is 0.938 bits per heavy atom. The van der Waals surface area contributed by atoms with Crippen LogP contribution in [0.3, 0.4) is 0 Å². The Morgan fingerprint density at radius 3 is 2.19 bits per heavy atom. The van der Waals surface area contributed by atoms with E-state index >= 15 is 0 Å². The highest BCUT2D eigenvalue weighted by Crippen LogP contribution is 2.21. The van der Waals surface area contributed by atoms with Crippen molar-refractivity contribution in [3.8, 4) is 11.4 Å². The third-order valence-electron chi connectivity index (χ3n) is 2.30. The molecule has 0 fully saturated rings. The highest BCUT2D eigenvalue weighted by atomic mass is 15.1. The molecule has 0 aliphatic carbocycles. The van der Waals surface area contributed by atoms with Crippen molar-refractivity contribution in [1.29, 1.82) is 0 Å². The molecule has 0 amide bonds. The van der Waals surface area contributed by atoms with Crippen molar-refractivity contribution in [3.05, 3.63) is 29.3 Å². The van der Waals surface area contributed by atoms with Gasteiger partial charge >= 0.3 is 0 Å². The van der Waals surface area contributed by atoms with Crippen molar-refractivity contribution in [2.24, 2.45) is 0 Å². The third-order valence-corrected chi connectivity index (χ3v) is 2.30. The van der Waals surface area contributed by atoms with Crippen LogP contribution in [0.2, 0.25) is 0 Å². The molecule has 16 heavy (non-hydrogen) atoms. The zero-order valence-corrected chi connectivity index (χ0v) is 9.23. The van der Waals surface area contributed by atoms with Crippen LogP contribution in [0.4, 0.5) is 11.9 Å². The summed E-state index contributed by atoms with van der Waals surface area (Å²) in [7, 11) is 0. The van der Waals surface area contributed by atoms with Gasteiger partial charge in [-0.2, -0.15) is 15.0 Å². The van der Waals surface area contributed by atoms with E-state index in [4.69, 9.17) is 11.5 Å². The van der Waals surface area contributed by atoms with E-state index in [-0.39, 0.29) is 11.9 Å². The number of rotatable bonds is 1. The lowest BCUT2D eigenvalue weighted by Gasteiger charge is -2.06. The van der Waals surface area contributed by atoms with Crippen LogP contribution in [-0.4, -0.2) is 15.0 Å². The molecule has 2 aromatic rings. The molecule has 1 heterocycles. The van der Waals surface area contributed by atoms with Crippen molar-refractivity contribution >= 4 is 11.9 Å². The summed E-state index contributed by atoms with van der Waals surface area (Å²) < 4.78 is 0. The normalized spacial score (nSPS) is 10.4. The van der Waals surface area contributed by atoms with Gasteiger partial charge in [-0.1, -0.05) is 17.7 Å². The largest absolute Gasteiger partial charge is 0.368 e. The molecule has 5 nitrogen and oxygen atoms in total. The summed E-state index contributed by atoms with van der Waals surface area (Å²) in [6.07, 6.45) is 0. The molecular weight excluding hydrogens is 202 g/mol. The van der Waals surface area contributed by atoms with E-state index in [1.807, 2.05) is 32.0 Å². The van der Waals surface area contributed by atoms with Gasteiger partial charge in [0.05, 0.1) is 0 Å². The van der Waals surface area contributed by atoms with Crippen molar-refractivity contribution < 1.29 is 0 Å². The lowest BCUT2D eigenvalue weighted by Crippen LogP contribution is -2.04. The zero-order chi connectivity index (χ0) is 11.7. The molecule has 4 N–H and O–H groups in total.